The van der Waals surface area contributed by atoms with E-state index in [1.165, 1.54) is 56.2 Å². The van der Waals surface area contributed by atoms with Crippen LogP contribution in [0.1, 0.15) is 70.1 Å². The fourth-order valence-electron chi connectivity index (χ4n) is 2.41. The summed E-state index contributed by atoms with van der Waals surface area (Å²) >= 11 is 0. The van der Waals surface area contributed by atoms with E-state index in [4.69, 9.17) is 0 Å². The minimum atomic E-state index is 0.659. The van der Waals surface area contributed by atoms with Crippen LogP contribution in [0.25, 0.3) is 0 Å². The van der Waals surface area contributed by atoms with Crippen LogP contribution in [0.3, 0.4) is 0 Å². The monoisotopic (exact) mass is 265 g/mol. The molecule has 0 aromatic carbocycles. The highest BCUT2D eigenvalue weighted by Gasteiger charge is 2.02. The van der Waals surface area contributed by atoms with Gasteiger partial charge >= 0.3 is 0 Å². The van der Waals surface area contributed by atoms with Crippen molar-refractivity contribution >= 4 is 0 Å². The molecule has 19 heavy (non-hydrogen) atoms. The summed E-state index contributed by atoms with van der Waals surface area (Å²) in [5.74, 6) is 0. The van der Waals surface area contributed by atoms with Crippen molar-refractivity contribution in [2.45, 2.75) is 78.2 Å². The molecule has 3 nitrogen and oxygen atoms in total. The Morgan fingerprint density at radius 2 is 2.00 bits per heavy atom. The summed E-state index contributed by atoms with van der Waals surface area (Å²) < 4.78 is 0. The fourth-order valence-corrected chi connectivity index (χ4v) is 2.41. The van der Waals surface area contributed by atoms with Crippen LogP contribution in [0.4, 0.5) is 0 Å². The van der Waals surface area contributed by atoms with Gasteiger partial charge in [-0.1, -0.05) is 39.0 Å². The summed E-state index contributed by atoms with van der Waals surface area (Å²) in [5, 5.41) is 10.7. The summed E-state index contributed by atoms with van der Waals surface area (Å²) in [6.07, 6.45) is 12.5. The molecule has 0 saturated heterocycles. The second-order valence-corrected chi connectivity index (χ2v) is 5.68. The van der Waals surface area contributed by atoms with Gasteiger partial charge in [-0.05, 0) is 45.2 Å². The summed E-state index contributed by atoms with van der Waals surface area (Å²) in [5.41, 5.74) is 2.57. The molecule has 0 bridgehead atoms. The zero-order chi connectivity index (χ0) is 13.9. The fraction of sp³-hybridized carbons (Fsp3) is 0.812. The normalized spacial score (nSPS) is 12.8. The quantitative estimate of drug-likeness (QED) is 0.594. The van der Waals surface area contributed by atoms with Gasteiger partial charge in [0.25, 0.3) is 0 Å². The van der Waals surface area contributed by atoms with Crippen molar-refractivity contribution in [2.75, 3.05) is 6.54 Å². The number of H-pyrrole nitrogens is 1. The number of nitrogens with zero attached hydrogens (tertiary/aromatic N) is 1. The van der Waals surface area contributed by atoms with E-state index in [2.05, 4.69) is 36.3 Å². The van der Waals surface area contributed by atoms with Gasteiger partial charge in [-0.25, -0.2) is 0 Å². The third-order valence-corrected chi connectivity index (χ3v) is 3.79. The molecule has 1 aromatic rings. The standard InChI is InChI=1S/C16H31N3/c1-4-5-6-7-8-10-14(2)17-12-9-11-16-13-18-19-15(16)3/h13-14,17H,4-12H2,1-3H3,(H,18,19). The Kier molecular flexibility index (Phi) is 8.55. The highest BCUT2D eigenvalue weighted by atomic mass is 15.1. The summed E-state index contributed by atoms with van der Waals surface area (Å²) in [4.78, 5) is 0. The van der Waals surface area contributed by atoms with E-state index >= 15 is 0 Å². The molecular formula is C16H31N3. The number of aromatic amines is 1. The predicted octanol–water partition coefficient (Wildman–Crippen LogP) is 3.99. The molecule has 0 fully saturated rings. The third-order valence-electron chi connectivity index (χ3n) is 3.79. The minimum Gasteiger partial charge on any atom is -0.314 e. The number of aromatic nitrogens is 2. The summed E-state index contributed by atoms with van der Waals surface area (Å²) in [6, 6.07) is 0.659. The van der Waals surface area contributed by atoms with Crippen LogP contribution in [0.5, 0.6) is 0 Å². The van der Waals surface area contributed by atoms with Gasteiger partial charge in [0.2, 0.25) is 0 Å². The largest absolute Gasteiger partial charge is 0.314 e. The number of aryl methyl sites for hydroxylation is 2. The highest BCUT2D eigenvalue weighted by molar-refractivity contribution is 5.14. The molecule has 1 aromatic heterocycles. The molecule has 0 radical (unpaired) electrons. The molecule has 1 rings (SSSR count). The molecule has 0 spiro atoms. The second-order valence-electron chi connectivity index (χ2n) is 5.68. The van der Waals surface area contributed by atoms with E-state index in [9.17, 15) is 0 Å². The van der Waals surface area contributed by atoms with Crippen molar-refractivity contribution < 1.29 is 0 Å². The maximum atomic E-state index is 4.06. The van der Waals surface area contributed by atoms with Crippen molar-refractivity contribution in [2.24, 2.45) is 0 Å². The smallest absolute Gasteiger partial charge is 0.0522 e. The number of hydrogen-bond donors (Lipinski definition) is 2. The molecule has 1 unspecified atom stereocenters. The van der Waals surface area contributed by atoms with E-state index in [0.29, 0.717) is 6.04 Å². The number of hydrogen-bond acceptors (Lipinski definition) is 2. The summed E-state index contributed by atoms with van der Waals surface area (Å²) in [6.45, 7) is 7.78. The van der Waals surface area contributed by atoms with Crippen molar-refractivity contribution in [1.29, 1.82) is 0 Å². The van der Waals surface area contributed by atoms with E-state index in [1.807, 2.05) is 6.20 Å². The van der Waals surface area contributed by atoms with Gasteiger partial charge in [-0.3, -0.25) is 5.10 Å². The Morgan fingerprint density at radius 3 is 2.68 bits per heavy atom. The minimum absolute atomic E-state index is 0.659. The van der Waals surface area contributed by atoms with E-state index in [0.717, 1.165) is 13.0 Å². The van der Waals surface area contributed by atoms with Crippen molar-refractivity contribution in [3.8, 4) is 0 Å². The lowest BCUT2D eigenvalue weighted by atomic mass is 10.1. The maximum absolute atomic E-state index is 4.06. The maximum Gasteiger partial charge on any atom is 0.0522 e. The van der Waals surface area contributed by atoms with Gasteiger partial charge in [-0.2, -0.15) is 5.10 Å². The lowest BCUT2D eigenvalue weighted by Crippen LogP contribution is -2.27. The van der Waals surface area contributed by atoms with Crippen LogP contribution >= 0.6 is 0 Å². The number of rotatable bonds is 11. The van der Waals surface area contributed by atoms with Crippen LogP contribution in [0, 0.1) is 6.92 Å². The number of nitrogens with one attached hydrogen (secondary N) is 2. The van der Waals surface area contributed by atoms with Crippen LogP contribution in [-0.2, 0) is 6.42 Å². The van der Waals surface area contributed by atoms with E-state index in [-0.39, 0.29) is 0 Å². The Balaban J connectivity index is 1.95. The molecule has 1 heterocycles. The molecule has 3 heteroatoms. The van der Waals surface area contributed by atoms with Gasteiger partial charge in [0.15, 0.2) is 0 Å². The van der Waals surface area contributed by atoms with Gasteiger partial charge in [0.05, 0.1) is 6.20 Å². The number of unbranched alkanes of at least 4 members (excludes halogenated alkanes) is 4. The first-order chi connectivity index (χ1) is 9.24. The van der Waals surface area contributed by atoms with Crippen LogP contribution < -0.4 is 5.32 Å². The Morgan fingerprint density at radius 1 is 1.21 bits per heavy atom. The first kappa shape index (κ1) is 16.2. The van der Waals surface area contributed by atoms with Crippen molar-refractivity contribution in [3.63, 3.8) is 0 Å². The second kappa shape index (κ2) is 10.0. The molecule has 0 aliphatic rings. The Labute approximate surface area is 118 Å². The van der Waals surface area contributed by atoms with Gasteiger partial charge in [0, 0.05) is 11.7 Å². The molecule has 2 N–H and O–H groups in total. The molecule has 0 aliphatic carbocycles. The van der Waals surface area contributed by atoms with Crippen molar-refractivity contribution in [1.82, 2.24) is 15.5 Å². The topological polar surface area (TPSA) is 40.7 Å². The molecule has 0 amide bonds. The molecule has 1 atom stereocenters. The predicted molar refractivity (Wildman–Crippen MR) is 82.5 cm³/mol. The van der Waals surface area contributed by atoms with E-state index in [1.54, 1.807) is 0 Å². The Hall–Kier alpha value is -0.830. The lowest BCUT2D eigenvalue weighted by molar-refractivity contribution is 0.476. The first-order valence-corrected chi connectivity index (χ1v) is 7.96. The first-order valence-electron chi connectivity index (χ1n) is 7.96. The molecule has 0 saturated carbocycles. The molecular weight excluding hydrogens is 234 g/mol. The van der Waals surface area contributed by atoms with Gasteiger partial charge < -0.3 is 5.32 Å². The Bertz CT molecular complexity index is 320. The average Bonchev–Trinajstić information content (AvgIpc) is 2.80. The zero-order valence-electron chi connectivity index (χ0n) is 13.0. The molecule has 110 valence electrons. The summed E-state index contributed by atoms with van der Waals surface area (Å²) in [7, 11) is 0. The molecule has 0 aliphatic heterocycles. The SMILES string of the molecule is CCCCCCCC(C)NCCCc1cn[nH]c1C. The van der Waals surface area contributed by atoms with Crippen LogP contribution in [0.2, 0.25) is 0 Å². The van der Waals surface area contributed by atoms with E-state index < -0.39 is 0 Å². The van der Waals surface area contributed by atoms with Crippen molar-refractivity contribution in [3.05, 3.63) is 17.5 Å². The average molecular weight is 265 g/mol. The third kappa shape index (κ3) is 7.36. The van der Waals surface area contributed by atoms with Gasteiger partial charge in [-0.15, -0.1) is 0 Å². The highest BCUT2D eigenvalue weighted by Crippen LogP contribution is 2.08. The lowest BCUT2D eigenvalue weighted by Gasteiger charge is -2.13. The van der Waals surface area contributed by atoms with Crippen LogP contribution in [0.15, 0.2) is 6.20 Å². The van der Waals surface area contributed by atoms with Crippen LogP contribution in [-0.4, -0.2) is 22.8 Å². The zero-order valence-corrected chi connectivity index (χ0v) is 13.0. The van der Waals surface area contributed by atoms with Gasteiger partial charge in [0.1, 0.15) is 0 Å².